The Hall–Kier alpha value is -1.70. The van der Waals surface area contributed by atoms with Crippen molar-refractivity contribution in [3.05, 3.63) is 47.2 Å². The molecule has 2 N–H and O–H groups in total. The van der Waals surface area contributed by atoms with Gasteiger partial charge in [-0.1, -0.05) is 30.3 Å². The maximum atomic E-state index is 13.3. The summed E-state index contributed by atoms with van der Waals surface area (Å²) in [6.07, 6.45) is 2.32. The number of hydrogen-bond donors (Lipinski definition) is 2. The van der Waals surface area contributed by atoms with Gasteiger partial charge >= 0.3 is 0 Å². The van der Waals surface area contributed by atoms with E-state index in [1.165, 1.54) is 4.31 Å². The molecule has 3 rings (SSSR count). The lowest BCUT2D eigenvalue weighted by Gasteiger charge is -2.25. The van der Waals surface area contributed by atoms with E-state index in [0.717, 1.165) is 29.7 Å². The quantitative estimate of drug-likeness (QED) is 0.756. The SMILES string of the molecule is Cc1[nH]nc(S(=O)(=O)N(Cc2ccccc2)C(C)C)c1CNC1CC1. The van der Waals surface area contributed by atoms with Gasteiger partial charge < -0.3 is 5.32 Å². The Morgan fingerprint density at radius 1 is 1.28 bits per heavy atom. The van der Waals surface area contributed by atoms with Gasteiger partial charge in [-0.3, -0.25) is 5.10 Å². The number of aromatic nitrogens is 2. The van der Waals surface area contributed by atoms with Gasteiger partial charge in [0, 0.05) is 36.4 Å². The second-order valence-electron chi connectivity index (χ2n) is 6.92. The van der Waals surface area contributed by atoms with Crippen molar-refractivity contribution in [3.8, 4) is 0 Å². The Balaban J connectivity index is 1.89. The first-order valence-electron chi connectivity index (χ1n) is 8.72. The summed E-state index contributed by atoms with van der Waals surface area (Å²) in [5.41, 5.74) is 2.51. The Kier molecular flexibility index (Phi) is 5.27. The maximum Gasteiger partial charge on any atom is 0.263 e. The molecule has 0 radical (unpaired) electrons. The highest BCUT2D eigenvalue weighted by molar-refractivity contribution is 7.89. The molecule has 0 saturated heterocycles. The van der Waals surface area contributed by atoms with Gasteiger partial charge in [0.05, 0.1) is 0 Å². The monoisotopic (exact) mass is 362 g/mol. The van der Waals surface area contributed by atoms with Crippen LogP contribution in [0, 0.1) is 6.92 Å². The van der Waals surface area contributed by atoms with Crippen molar-refractivity contribution in [2.45, 2.75) is 63.8 Å². The molecule has 0 aliphatic heterocycles. The molecule has 0 atom stereocenters. The van der Waals surface area contributed by atoms with Crippen molar-refractivity contribution < 1.29 is 8.42 Å². The van der Waals surface area contributed by atoms with E-state index in [9.17, 15) is 8.42 Å². The molecule has 0 unspecified atom stereocenters. The zero-order valence-corrected chi connectivity index (χ0v) is 15.8. The van der Waals surface area contributed by atoms with Gasteiger partial charge in [0.1, 0.15) is 0 Å². The van der Waals surface area contributed by atoms with Crippen LogP contribution in [0.15, 0.2) is 35.4 Å². The summed E-state index contributed by atoms with van der Waals surface area (Å²) in [7, 11) is -3.68. The largest absolute Gasteiger partial charge is 0.310 e. The first kappa shape index (κ1) is 18.1. The molecule has 7 heteroatoms. The van der Waals surface area contributed by atoms with Gasteiger partial charge in [-0.25, -0.2) is 8.42 Å². The molecule has 1 saturated carbocycles. The van der Waals surface area contributed by atoms with E-state index in [4.69, 9.17) is 0 Å². The summed E-state index contributed by atoms with van der Waals surface area (Å²) < 4.78 is 28.1. The average Bonchev–Trinajstić information content (AvgIpc) is 3.33. The van der Waals surface area contributed by atoms with Crippen LogP contribution in [0.2, 0.25) is 0 Å². The van der Waals surface area contributed by atoms with Crippen LogP contribution < -0.4 is 5.32 Å². The lowest BCUT2D eigenvalue weighted by Crippen LogP contribution is -2.37. The van der Waals surface area contributed by atoms with Gasteiger partial charge in [0.2, 0.25) is 0 Å². The van der Waals surface area contributed by atoms with Crippen molar-refractivity contribution >= 4 is 10.0 Å². The molecular formula is C18H26N4O2S. The summed E-state index contributed by atoms with van der Waals surface area (Å²) in [5.74, 6) is 0. The van der Waals surface area contributed by atoms with E-state index in [2.05, 4.69) is 15.5 Å². The molecule has 1 fully saturated rings. The van der Waals surface area contributed by atoms with Crippen LogP contribution in [0.1, 0.15) is 43.5 Å². The number of sulfonamides is 1. The second-order valence-corrected chi connectivity index (χ2v) is 8.72. The fourth-order valence-corrected chi connectivity index (χ4v) is 4.60. The van der Waals surface area contributed by atoms with Crippen molar-refractivity contribution in [1.82, 2.24) is 19.8 Å². The minimum Gasteiger partial charge on any atom is -0.310 e. The Morgan fingerprint density at radius 3 is 2.56 bits per heavy atom. The normalized spacial score (nSPS) is 15.2. The zero-order valence-electron chi connectivity index (χ0n) is 15.0. The molecule has 0 spiro atoms. The van der Waals surface area contributed by atoms with E-state index in [1.54, 1.807) is 0 Å². The Labute approximate surface area is 149 Å². The van der Waals surface area contributed by atoms with Crippen LogP contribution >= 0.6 is 0 Å². The van der Waals surface area contributed by atoms with Crippen molar-refractivity contribution in [3.63, 3.8) is 0 Å². The van der Waals surface area contributed by atoms with Crippen LogP contribution in [0.25, 0.3) is 0 Å². The fourth-order valence-electron chi connectivity index (χ4n) is 2.80. The molecule has 1 aliphatic rings. The van der Waals surface area contributed by atoms with Gasteiger partial charge in [0.25, 0.3) is 10.0 Å². The Morgan fingerprint density at radius 2 is 1.96 bits per heavy atom. The zero-order chi connectivity index (χ0) is 18.0. The Bertz CT molecular complexity index is 811. The molecule has 6 nitrogen and oxygen atoms in total. The fraction of sp³-hybridized carbons (Fsp3) is 0.500. The van der Waals surface area contributed by atoms with Crippen LogP contribution in [-0.4, -0.2) is 35.0 Å². The van der Waals surface area contributed by atoms with E-state index in [0.29, 0.717) is 19.1 Å². The number of rotatable bonds is 8. The second kappa shape index (κ2) is 7.27. The number of aryl methyl sites for hydroxylation is 1. The van der Waals surface area contributed by atoms with Crippen molar-refractivity contribution in [2.24, 2.45) is 0 Å². The van der Waals surface area contributed by atoms with E-state index < -0.39 is 10.0 Å². The molecule has 136 valence electrons. The molecule has 25 heavy (non-hydrogen) atoms. The van der Waals surface area contributed by atoms with Crippen LogP contribution in [-0.2, 0) is 23.1 Å². The number of benzene rings is 1. The van der Waals surface area contributed by atoms with Crippen molar-refractivity contribution in [1.29, 1.82) is 0 Å². The third-order valence-electron chi connectivity index (χ3n) is 4.49. The predicted molar refractivity (Wildman–Crippen MR) is 97.5 cm³/mol. The third-order valence-corrected chi connectivity index (χ3v) is 6.49. The highest BCUT2D eigenvalue weighted by Gasteiger charge is 2.33. The summed E-state index contributed by atoms with van der Waals surface area (Å²) >= 11 is 0. The van der Waals surface area contributed by atoms with E-state index in [1.807, 2.05) is 51.1 Å². The third kappa shape index (κ3) is 4.11. The van der Waals surface area contributed by atoms with E-state index >= 15 is 0 Å². The average molecular weight is 362 g/mol. The van der Waals surface area contributed by atoms with Gasteiger partial charge in [-0.2, -0.15) is 9.40 Å². The number of aromatic amines is 1. The highest BCUT2D eigenvalue weighted by Crippen LogP contribution is 2.26. The number of H-pyrrole nitrogens is 1. The first-order valence-corrected chi connectivity index (χ1v) is 10.2. The molecule has 2 aromatic rings. The van der Waals surface area contributed by atoms with Crippen LogP contribution in [0.5, 0.6) is 0 Å². The van der Waals surface area contributed by atoms with E-state index in [-0.39, 0.29) is 11.1 Å². The van der Waals surface area contributed by atoms with Crippen LogP contribution in [0.3, 0.4) is 0 Å². The smallest absolute Gasteiger partial charge is 0.263 e. The molecule has 1 aromatic carbocycles. The summed E-state index contributed by atoms with van der Waals surface area (Å²) in [4.78, 5) is 0. The molecule has 1 aliphatic carbocycles. The summed E-state index contributed by atoms with van der Waals surface area (Å²) in [6.45, 7) is 6.51. The van der Waals surface area contributed by atoms with Gasteiger partial charge in [0.15, 0.2) is 5.03 Å². The molecule has 0 amide bonds. The number of hydrogen-bond acceptors (Lipinski definition) is 4. The topological polar surface area (TPSA) is 78.1 Å². The first-order chi connectivity index (χ1) is 11.9. The maximum absolute atomic E-state index is 13.3. The predicted octanol–water partition coefficient (Wildman–Crippen LogP) is 2.57. The van der Waals surface area contributed by atoms with Gasteiger partial charge in [-0.15, -0.1) is 0 Å². The summed E-state index contributed by atoms with van der Waals surface area (Å²) in [5, 5.41) is 10.5. The molecular weight excluding hydrogens is 336 g/mol. The van der Waals surface area contributed by atoms with Crippen LogP contribution in [0.4, 0.5) is 0 Å². The summed E-state index contributed by atoms with van der Waals surface area (Å²) in [6, 6.07) is 10.00. The molecule has 0 bridgehead atoms. The lowest BCUT2D eigenvalue weighted by molar-refractivity contribution is 0.346. The number of nitrogens with zero attached hydrogens (tertiary/aromatic N) is 2. The standard InChI is InChI=1S/C18H26N4O2S/c1-13(2)22(12-15-7-5-4-6-8-15)25(23,24)18-17(14(3)20-21-18)11-19-16-9-10-16/h4-8,13,16,19H,9-12H2,1-3H3,(H,20,21). The van der Waals surface area contributed by atoms with Gasteiger partial charge in [-0.05, 0) is 39.2 Å². The molecule has 1 aromatic heterocycles. The highest BCUT2D eigenvalue weighted by atomic mass is 32.2. The lowest BCUT2D eigenvalue weighted by atomic mass is 10.2. The number of nitrogens with one attached hydrogen (secondary N) is 2. The minimum atomic E-state index is -3.68. The minimum absolute atomic E-state index is 0.141. The van der Waals surface area contributed by atoms with Crippen molar-refractivity contribution in [2.75, 3.05) is 0 Å². The molecule has 1 heterocycles.